The van der Waals surface area contributed by atoms with E-state index in [-0.39, 0.29) is 5.56 Å². The van der Waals surface area contributed by atoms with Crippen LogP contribution in [0, 0.1) is 4.77 Å². The Balaban J connectivity index is 1.98. The zero-order valence-electron chi connectivity index (χ0n) is 8.77. The zero-order valence-corrected chi connectivity index (χ0v) is 9.59. The second-order valence-corrected chi connectivity index (χ2v) is 4.40. The van der Waals surface area contributed by atoms with Gasteiger partial charge in [-0.1, -0.05) is 0 Å². The molecule has 0 aromatic carbocycles. The van der Waals surface area contributed by atoms with Crippen LogP contribution in [-0.2, 0) is 6.54 Å². The van der Waals surface area contributed by atoms with Gasteiger partial charge in [0.1, 0.15) is 0 Å². The zero-order chi connectivity index (χ0) is 10.8. The van der Waals surface area contributed by atoms with Crippen molar-refractivity contribution in [3.8, 4) is 0 Å². The summed E-state index contributed by atoms with van der Waals surface area (Å²) in [5, 5.41) is 0. The topological polar surface area (TPSA) is 41.0 Å². The van der Waals surface area contributed by atoms with E-state index < -0.39 is 0 Å². The molecule has 1 N–H and O–H groups in total. The van der Waals surface area contributed by atoms with Crippen molar-refractivity contribution in [2.45, 2.75) is 25.4 Å². The summed E-state index contributed by atoms with van der Waals surface area (Å²) in [7, 11) is 2.13. The average Bonchev–Trinajstić information content (AvgIpc) is 2.99. The Hall–Kier alpha value is -0.940. The Morgan fingerprint density at radius 1 is 1.67 bits per heavy atom. The maximum Gasteiger partial charge on any atom is 0.251 e. The van der Waals surface area contributed by atoms with Gasteiger partial charge in [0.2, 0.25) is 0 Å². The molecule has 0 amide bonds. The van der Waals surface area contributed by atoms with Crippen molar-refractivity contribution in [2.24, 2.45) is 0 Å². The van der Waals surface area contributed by atoms with E-state index in [1.807, 2.05) is 4.57 Å². The molecule has 1 aromatic heterocycles. The van der Waals surface area contributed by atoms with Crippen molar-refractivity contribution in [3.63, 3.8) is 0 Å². The van der Waals surface area contributed by atoms with Crippen molar-refractivity contribution < 1.29 is 0 Å². The quantitative estimate of drug-likeness (QED) is 0.777. The summed E-state index contributed by atoms with van der Waals surface area (Å²) < 4.78 is 2.40. The first-order chi connectivity index (χ1) is 7.16. The average molecular weight is 225 g/mol. The van der Waals surface area contributed by atoms with Gasteiger partial charge in [-0.05, 0) is 32.1 Å². The number of aromatic amines is 1. The summed E-state index contributed by atoms with van der Waals surface area (Å²) in [6.07, 6.45) is 4.38. The van der Waals surface area contributed by atoms with E-state index in [4.69, 9.17) is 12.2 Å². The van der Waals surface area contributed by atoms with Crippen LogP contribution in [-0.4, -0.2) is 34.1 Å². The van der Waals surface area contributed by atoms with Crippen LogP contribution in [0.25, 0.3) is 0 Å². The molecule has 1 aromatic rings. The van der Waals surface area contributed by atoms with Gasteiger partial charge in [0.25, 0.3) is 5.56 Å². The third-order valence-corrected chi connectivity index (χ3v) is 3.10. The van der Waals surface area contributed by atoms with Gasteiger partial charge in [-0.25, -0.2) is 0 Å². The summed E-state index contributed by atoms with van der Waals surface area (Å²) >= 11 is 5.06. The van der Waals surface area contributed by atoms with Gasteiger partial charge >= 0.3 is 0 Å². The molecule has 1 heterocycles. The molecule has 82 valence electrons. The van der Waals surface area contributed by atoms with Gasteiger partial charge in [-0.15, -0.1) is 0 Å². The molecule has 0 spiro atoms. The van der Waals surface area contributed by atoms with Crippen LogP contribution in [0.1, 0.15) is 12.8 Å². The molecule has 1 aliphatic carbocycles. The molecular formula is C10H15N3OS. The van der Waals surface area contributed by atoms with Crippen LogP contribution < -0.4 is 5.56 Å². The number of rotatable bonds is 4. The maximum atomic E-state index is 11.0. The fourth-order valence-corrected chi connectivity index (χ4v) is 1.84. The second-order valence-electron chi connectivity index (χ2n) is 4.02. The molecule has 0 bridgehead atoms. The monoisotopic (exact) mass is 225 g/mol. The third kappa shape index (κ3) is 2.76. The van der Waals surface area contributed by atoms with Crippen molar-refractivity contribution in [3.05, 3.63) is 27.4 Å². The Bertz CT molecular complexity index is 446. The number of hydrogen-bond donors (Lipinski definition) is 1. The molecule has 2 rings (SSSR count). The molecular weight excluding hydrogens is 210 g/mol. The standard InChI is InChI=1S/C10H15N3OS/c1-12(8-2-3-8)6-7-13-5-4-9(14)11-10(13)15/h4-5,8H,2-3,6-7H2,1H3,(H,11,14,15). The van der Waals surface area contributed by atoms with Crippen LogP contribution in [0.15, 0.2) is 17.1 Å². The van der Waals surface area contributed by atoms with E-state index in [9.17, 15) is 4.79 Å². The van der Waals surface area contributed by atoms with Gasteiger partial charge in [0.15, 0.2) is 4.77 Å². The summed E-state index contributed by atoms with van der Waals surface area (Å²) in [6, 6.07) is 2.27. The molecule has 5 heteroatoms. The van der Waals surface area contributed by atoms with Gasteiger partial charge < -0.3 is 9.47 Å². The highest BCUT2D eigenvalue weighted by Crippen LogP contribution is 2.24. The molecule has 4 nitrogen and oxygen atoms in total. The Kier molecular flexibility index (Phi) is 3.02. The summed E-state index contributed by atoms with van der Waals surface area (Å²) in [5.74, 6) is 0. The van der Waals surface area contributed by atoms with E-state index >= 15 is 0 Å². The van der Waals surface area contributed by atoms with Gasteiger partial charge in [-0.3, -0.25) is 9.78 Å². The number of likely N-dealkylation sites (N-methyl/N-ethyl adjacent to an activating group) is 1. The lowest BCUT2D eigenvalue weighted by Gasteiger charge is -2.16. The first-order valence-electron chi connectivity index (χ1n) is 5.17. The number of nitrogens with one attached hydrogen (secondary N) is 1. The minimum Gasteiger partial charge on any atom is -0.324 e. The number of nitrogens with zero attached hydrogens (tertiary/aromatic N) is 2. The van der Waals surface area contributed by atoms with Crippen LogP contribution in [0.4, 0.5) is 0 Å². The highest BCUT2D eigenvalue weighted by molar-refractivity contribution is 7.71. The van der Waals surface area contributed by atoms with Gasteiger partial charge in [0.05, 0.1) is 0 Å². The maximum absolute atomic E-state index is 11.0. The SMILES string of the molecule is CN(CCn1ccc(=O)[nH]c1=S)C1CC1. The molecule has 1 fully saturated rings. The van der Waals surface area contributed by atoms with Crippen LogP contribution in [0.5, 0.6) is 0 Å². The number of H-pyrrole nitrogens is 1. The molecule has 1 saturated carbocycles. The predicted molar refractivity (Wildman–Crippen MR) is 61.5 cm³/mol. The molecule has 15 heavy (non-hydrogen) atoms. The van der Waals surface area contributed by atoms with E-state index in [1.54, 1.807) is 6.20 Å². The van der Waals surface area contributed by atoms with E-state index in [1.165, 1.54) is 18.9 Å². The van der Waals surface area contributed by atoms with E-state index in [0.29, 0.717) is 4.77 Å². The molecule has 0 radical (unpaired) electrons. The first-order valence-corrected chi connectivity index (χ1v) is 5.57. The fourth-order valence-electron chi connectivity index (χ4n) is 1.58. The van der Waals surface area contributed by atoms with Crippen LogP contribution >= 0.6 is 12.2 Å². The highest BCUT2D eigenvalue weighted by atomic mass is 32.1. The van der Waals surface area contributed by atoms with Crippen molar-refractivity contribution in [1.82, 2.24) is 14.5 Å². The van der Waals surface area contributed by atoms with E-state index in [2.05, 4.69) is 16.9 Å². The predicted octanol–water partition coefficient (Wildman–Crippen LogP) is 1.00. The smallest absolute Gasteiger partial charge is 0.251 e. The van der Waals surface area contributed by atoms with Crippen LogP contribution in [0.2, 0.25) is 0 Å². The van der Waals surface area contributed by atoms with E-state index in [0.717, 1.165) is 19.1 Å². The largest absolute Gasteiger partial charge is 0.324 e. The fraction of sp³-hybridized carbons (Fsp3) is 0.600. The molecule has 0 atom stereocenters. The summed E-state index contributed by atoms with van der Waals surface area (Å²) in [6.45, 7) is 1.81. The van der Waals surface area contributed by atoms with Crippen LogP contribution in [0.3, 0.4) is 0 Å². The lowest BCUT2D eigenvalue weighted by molar-refractivity contribution is 0.307. The number of hydrogen-bond acceptors (Lipinski definition) is 3. The molecule has 0 unspecified atom stereocenters. The minimum atomic E-state index is -0.133. The molecule has 0 saturated heterocycles. The second kappa shape index (κ2) is 4.28. The lowest BCUT2D eigenvalue weighted by Crippen LogP contribution is -2.26. The molecule has 0 aliphatic heterocycles. The Morgan fingerprint density at radius 2 is 2.40 bits per heavy atom. The molecule has 1 aliphatic rings. The summed E-state index contributed by atoms with van der Waals surface area (Å²) in [4.78, 5) is 15.9. The van der Waals surface area contributed by atoms with Crippen molar-refractivity contribution in [2.75, 3.05) is 13.6 Å². The third-order valence-electron chi connectivity index (χ3n) is 2.76. The number of aromatic nitrogens is 2. The van der Waals surface area contributed by atoms with Gasteiger partial charge in [0, 0.05) is 31.4 Å². The van der Waals surface area contributed by atoms with Crippen molar-refractivity contribution >= 4 is 12.2 Å². The minimum absolute atomic E-state index is 0.133. The Morgan fingerprint density at radius 3 is 3.00 bits per heavy atom. The normalized spacial score (nSPS) is 15.9. The highest BCUT2D eigenvalue weighted by Gasteiger charge is 2.25. The lowest BCUT2D eigenvalue weighted by atomic mass is 10.5. The summed E-state index contributed by atoms with van der Waals surface area (Å²) in [5.41, 5.74) is -0.133. The Labute approximate surface area is 93.5 Å². The first kappa shape index (κ1) is 10.6. The van der Waals surface area contributed by atoms with Gasteiger partial charge in [-0.2, -0.15) is 0 Å². The van der Waals surface area contributed by atoms with Crippen molar-refractivity contribution in [1.29, 1.82) is 0 Å².